The third-order valence-corrected chi connectivity index (χ3v) is 4.96. The van der Waals surface area contributed by atoms with Gasteiger partial charge in [-0.15, -0.1) is 0 Å². The quantitative estimate of drug-likeness (QED) is 0.642. The van der Waals surface area contributed by atoms with Crippen LogP contribution in [0.4, 0.5) is 11.4 Å². The number of amides is 2. The van der Waals surface area contributed by atoms with Crippen LogP contribution in [0.3, 0.4) is 0 Å². The largest absolute Gasteiger partial charge is 0.320 e. The molecule has 2 amide bonds. The second-order valence-corrected chi connectivity index (χ2v) is 7.05. The highest BCUT2D eigenvalue weighted by Gasteiger charge is 2.13. The highest BCUT2D eigenvalue weighted by atomic mass is 16.2. The molecule has 0 aromatic heterocycles. The highest BCUT2D eigenvalue weighted by molar-refractivity contribution is 6.10. The van der Waals surface area contributed by atoms with Crippen molar-refractivity contribution >= 4 is 23.2 Å². The number of para-hydroxylation sites is 2. The second-order valence-electron chi connectivity index (χ2n) is 7.05. The zero-order chi connectivity index (χ0) is 20.3. The van der Waals surface area contributed by atoms with Crippen LogP contribution >= 0.6 is 0 Å². The molecule has 0 aliphatic carbocycles. The molecule has 3 aromatic carbocycles. The molecular weight excluding hydrogens is 348 g/mol. The lowest BCUT2D eigenvalue weighted by atomic mass is 10.1. The molecule has 4 heteroatoms. The minimum absolute atomic E-state index is 0.212. The van der Waals surface area contributed by atoms with E-state index >= 15 is 0 Å². The zero-order valence-electron chi connectivity index (χ0n) is 16.6. The van der Waals surface area contributed by atoms with Crippen LogP contribution < -0.4 is 10.6 Å². The number of anilines is 2. The molecule has 0 fully saturated rings. The van der Waals surface area contributed by atoms with Gasteiger partial charge in [-0.1, -0.05) is 24.3 Å². The molecule has 0 radical (unpaired) electrons. The summed E-state index contributed by atoms with van der Waals surface area (Å²) in [5.41, 5.74) is 6.67. The maximum absolute atomic E-state index is 12.6. The van der Waals surface area contributed by atoms with Gasteiger partial charge in [-0.05, 0) is 86.3 Å². The molecular formula is C24H24N2O2. The van der Waals surface area contributed by atoms with Gasteiger partial charge in [0.25, 0.3) is 11.8 Å². The van der Waals surface area contributed by atoms with Gasteiger partial charge in [0.1, 0.15) is 0 Å². The van der Waals surface area contributed by atoms with E-state index in [0.717, 1.165) is 22.3 Å². The molecule has 3 rings (SSSR count). The molecule has 4 nitrogen and oxygen atoms in total. The SMILES string of the molecule is Cc1ccc(C(=O)Nc2ccccc2NC(=O)c2ccc(C)c(C)c2)cc1C. The summed E-state index contributed by atoms with van der Waals surface area (Å²) in [7, 11) is 0. The van der Waals surface area contributed by atoms with Gasteiger partial charge >= 0.3 is 0 Å². The molecule has 3 aromatic rings. The molecule has 0 aliphatic heterocycles. The van der Waals surface area contributed by atoms with Crippen molar-refractivity contribution in [3.05, 3.63) is 94.0 Å². The number of carbonyl (C=O) groups is 2. The molecule has 0 saturated carbocycles. The van der Waals surface area contributed by atoms with E-state index in [1.54, 1.807) is 24.3 Å². The van der Waals surface area contributed by atoms with E-state index in [1.807, 2.05) is 64.1 Å². The first kappa shape index (κ1) is 19.4. The number of aryl methyl sites for hydroxylation is 4. The van der Waals surface area contributed by atoms with Gasteiger partial charge in [-0.25, -0.2) is 0 Å². The maximum atomic E-state index is 12.6. The number of carbonyl (C=O) groups excluding carboxylic acids is 2. The van der Waals surface area contributed by atoms with Crippen molar-refractivity contribution < 1.29 is 9.59 Å². The lowest BCUT2D eigenvalue weighted by Crippen LogP contribution is -2.17. The highest BCUT2D eigenvalue weighted by Crippen LogP contribution is 2.23. The van der Waals surface area contributed by atoms with Gasteiger partial charge in [0, 0.05) is 11.1 Å². The number of nitrogens with one attached hydrogen (secondary N) is 2. The van der Waals surface area contributed by atoms with Crippen LogP contribution in [-0.4, -0.2) is 11.8 Å². The number of hydrogen-bond donors (Lipinski definition) is 2. The second kappa shape index (κ2) is 8.09. The Kier molecular flexibility index (Phi) is 5.59. The zero-order valence-corrected chi connectivity index (χ0v) is 16.6. The van der Waals surface area contributed by atoms with E-state index in [9.17, 15) is 9.59 Å². The average Bonchev–Trinajstić information content (AvgIpc) is 2.67. The number of rotatable bonds is 4. The molecule has 2 N–H and O–H groups in total. The first-order valence-corrected chi connectivity index (χ1v) is 9.21. The molecule has 0 bridgehead atoms. The third-order valence-electron chi connectivity index (χ3n) is 4.96. The van der Waals surface area contributed by atoms with Crippen molar-refractivity contribution in [1.82, 2.24) is 0 Å². The van der Waals surface area contributed by atoms with Crippen LogP contribution in [0.25, 0.3) is 0 Å². The number of benzene rings is 3. The monoisotopic (exact) mass is 372 g/mol. The maximum Gasteiger partial charge on any atom is 0.255 e. The lowest BCUT2D eigenvalue weighted by Gasteiger charge is -2.13. The fraction of sp³-hybridized carbons (Fsp3) is 0.167. The Morgan fingerprint density at radius 3 is 1.32 bits per heavy atom. The summed E-state index contributed by atoms with van der Waals surface area (Å²) in [4.78, 5) is 25.3. The van der Waals surface area contributed by atoms with E-state index in [2.05, 4.69) is 10.6 Å². The van der Waals surface area contributed by atoms with Crippen LogP contribution in [0.2, 0.25) is 0 Å². The minimum Gasteiger partial charge on any atom is -0.320 e. The van der Waals surface area contributed by atoms with Crippen molar-refractivity contribution in [2.45, 2.75) is 27.7 Å². The Morgan fingerprint density at radius 1 is 0.571 bits per heavy atom. The van der Waals surface area contributed by atoms with E-state index in [1.165, 1.54) is 0 Å². The van der Waals surface area contributed by atoms with Gasteiger partial charge in [0.15, 0.2) is 0 Å². The summed E-state index contributed by atoms with van der Waals surface area (Å²) in [5, 5.41) is 5.79. The Bertz CT molecular complexity index is 970. The Labute approximate surface area is 165 Å². The fourth-order valence-corrected chi connectivity index (χ4v) is 2.86. The molecule has 0 aliphatic rings. The minimum atomic E-state index is -0.212. The van der Waals surface area contributed by atoms with Crippen LogP contribution in [-0.2, 0) is 0 Å². The molecule has 142 valence electrons. The van der Waals surface area contributed by atoms with Gasteiger partial charge in [-0.2, -0.15) is 0 Å². The molecule has 0 heterocycles. The standard InChI is InChI=1S/C24H24N2O2/c1-15-9-11-19(13-17(15)3)23(27)25-21-7-5-6-8-22(21)26-24(28)20-12-10-16(2)18(4)14-20/h5-14H,1-4H3,(H,25,27)(H,26,28). The first-order chi connectivity index (χ1) is 13.3. The topological polar surface area (TPSA) is 58.2 Å². The van der Waals surface area contributed by atoms with Crippen molar-refractivity contribution in [2.75, 3.05) is 10.6 Å². The molecule has 0 spiro atoms. The Morgan fingerprint density at radius 2 is 0.964 bits per heavy atom. The number of hydrogen-bond acceptors (Lipinski definition) is 2. The molecule has 0 atom stereocenters. The van der Waals surface area contributed by atoms with Crippen molar-refractivity contribution in [3.63, 3.8) is 0 Å². The first-order valence-electron chi connectivity index (χ1n) is 9.21. The van der Waals surface area contributed by atoms with Gasteiger partial charge in [-0.3, -0.25) is 9.59 Å². The van der Waals surface area contributed by atoms with E-state index < -0.39 is 0 Å². The molecule has 0 saturated heterocycles. The van der Waals surface area contributed by atoms with E-state index in [4.69, 9.17) is 0 Å². The normalized spacial score (nSPS) is 10.4. The van der Waals surface area contributed by atoms with Crippen molar-refractivity contribution in [3.8, 4) is 0 Å². The smallest absolute Gasteiger partial charge is 0.255 e. The molecule has 28 heavy (non-hydrogen) atoms. The summed E-state index contributed by atoms with van der Waals surface area (Å²) in [5.74, 6) is -0.424. The summed E-state index contributed by atoms with van der Waals surface area (Å²) in [6.07, 6.45) is 0. The van der Waals surface area contributed by atoms with Gasteiger partial charge in [0.2, 0.25) is 0 Å². The van der Waals surface area contributed by atoms with Crippen LogP contribution in [0.15, 0.2) is 60.7 Å². The van der Waals surface area contributed by atoms with Gasteiger partial charge < -0.3 is 10.6 Å². The predicted octanol–water partition coefficient (Wildman–Crippen LogP) is 5.42. The summed E-state index contributed by atoms with van der Waals surface area (Å²) >= 11 is 0. The molecule has 0 unspecified atom stereocenters. The summed E-state index contributed by atoms with van der Waals surface area (Å²) in [6, 6.07) is 18.4. The van der Waals surface area contributed by atoms with Crippen LogP contribution in [0.1, 0.15) is 43.0 Å². The van der Waals surface area contributed by atoms with E-state index in [0.29, 0.717) is 22.5 Å². The fourth-order valence-electron chi connectivity index (χ4n) is 2.86. The third kappa shape index (κ3) is 4.29. The summed E-state index contributed by atoms with van der Waals surface area (Å²) in [6.45, 7) is 7.97. The van der Waals surface area contributed by atoms with Crippen molar-refractivity contribution in [1.29, 1.82) is 0 Å². The lowest BCUT2D eigenvalue weighted by molar-refractivity contribution is 0.101. The van der Waals surface area contributed by atoms with Gasteiger partial charge in [0.05, 0.1) is 11.4 Å². The summed E-state index contributed by atoms with van der Waals surface area (Å²) < 4.78 is 0. The average molecular weight is 372 g/mol. The van der Waals surface area contributed by atoms with Crippen molar-refractivity contribution in [2.24, 2.45) is 0 Å². The predicted molar refractivity (Wildman–Crippen MR) is 114 cm³/mol. The Hall–Kier alpha value is -3.40. The van der Waals surface area contributed by atoms with E-state index in [-0.39, 0.29) is 11.8 Å². The van der Waals surface area contributed by atoms with Crippen LogP contribution in [0.5, 0.6) is 0 Å². The van der Waals surface area contributed by atoms with Crippen LogP contribution in [0, 0.1) is 27.7 Å². The Balaban J connectivity index is 1.80.